The second-order valence-corrected chi connectivity index (χ2v) is 5.26. The van der Waals surface area contributed by atoms with Crippen LogP contribution in [0, 0.1) is 0 Å². The first-order valence-corrected chi connectivity index (χ1v) is 5.97. The molecule has 0 aromatic rings. The van der Waals surface area contributed by atoms with E-state index in [0.717, 1.165) is 0 Å². The third-order valence-electron chi connectivity index (χ3n) is 1.99. The molecule has 0 radical (unpaired) electrons. The molecule has 2 atom stereocenters. The molecule has 0 spiro atoms. The van der Waals surface area contributed by atoms with Crippen molar-refractivity contribution in [3.05, 3.63) is 11.9 Å². The monoisotopic (exact) mass is 374 g/mol. The van der Waals surface area contributed by atoms with Gasteiger partial charge in [-0.2, -0.15) is 22.0 Å². The van der Waals surface area contributed by atoms with Crippen molar-refractivity contribution in [3.8, 4) is 0 Å². The minimum atomic E-state index is -4.20. The maximum absolute atomic E-state index is 12.9. The molecule has 2 nitrogen and oxygen atoms in total. The highest BCUT2D eigenvalue weighted by Crippen LogP contribution is 2.36. The number of hydrogen-bond donors (Lipinski definition) is 2. The summed E-state index contributed by atoms with van der Waals surface area (Å²) >= 11 is 1.57. The molecule has 102 valence electrons. The SMILES string of the molecule is OCC(O)CCC(I)CC(F)(F)C(F)=C(F)F. The Morgan fingerprint density at radius 2 is 1.71 bits per heavy atom. The first-order chi connectivity index (χ1) is 7.70. The van der Waals surface area contributed by atoms with Gasteiger partial charge in [0.05, 0.1) is 12.7 Å². The van der Waals surface area contributed by atoms with Crippen LogP contribution in [0.25, 0.3) is 0 Å². The number of aliphatic hydroxyl groups is 2. The van der Waals surface area contributed by atoms with E-state index in [1.165, 1.54) is 0 Å². The highest BCUT2D eigenvalue weighted by atomic mass is 127. The van der Waals surface area contributed by atoms with Crippen molar-refractivity contribution in [3.63, 3.8) is 0 Å². The number of rotatable bonds is 7. The molecule has 8 heteroatoms. The second kappa shape index (κ2) is 7.47. The lowest BCUT2D eigenvalue weighted by Gasteiger charge is -2.18. The molecule has 0 bridgehead atoms. The van der Waals surface area contributed by atoms with Crippen LogP contribution in [0.2, 0.25) is 0 Å². The molecule has 17 heavy (non-hydrogen) atoms. The summed E-state index contributed by atoms with van der Waals surface area (Å²) in [7, 11) is 0. The zero-order chi connectivity index (χ0) is 13.6. The van der Waals surface area contributed by atoms with Crippen molar-refractivity contribution in [2.45, 2.75) is 35.2 Å². The number of hydrogen-bond acceptors (Lipinski definition) is 2. The summed E-state index contributed by atoms with van der Waals surface area (Å²) < 4.78 is 60.8. The van der Waals surface area contributed by atoms with Crippen LogP contribution in [0.1, 0.15) is 19.3 Å². The Morgan fingerprint density at radius 3 is 2.12 bits per heavy atom. The molecule has 0 amide bonds. The predicted octanol–water partition coefficient (Wildman–Crippen LogP) is 3.03. The Bertz CT molecular complexity index is 268. The molecule has 0 saturated carbocycles. The van der Waals surface area contributed by atoms with Gasteiger partial charge in [-0.15, -0.1) is 0 Å². The van der Waals surface area contributed by atoms with Gasteiger partial charge in [0, 0.05) is 10.3 Å². The Morgan fingerprint density at radius 1 is 1.18 bits per heavy atom. The average molecular weight is 374 g/mol. The molecule has 0 aromatic heterocycles. The van der Waals surface area contributed by atoms with Crippen molar-refractivity contribution in [1.29, 1.82) is 0 Å². The molecule has 0 rings (SSSR count). The fourth-order valence-electron chi connectivity index (χ4n) is 1.07. The molecular weight excluding hydrogens is 362 g/mol. The summed E-state index contributed by atoms with van der Waals surface area (Å²) in [6.07, 6.45) is -5.02. The topological polar surface area (TPSA) is 40.5 Å². The van der Waals surface area contributed by atoms with Crippen LogP contribution in [0.3, 0.4) is 0 Å². The van der Waals surface area contributed by atoms with E-state index in [4.69, 9.17) is 10.2 Å². The van der Waals surface area contributed by atoms with Crippen LogP contribution in [0.5, 0.6) is 0 Å². The Balaban J connectivity index is 4.28. The number of aliphatic hydroxyl groups excluding tert-OH is 2. The number of halogens is 6. The van der Waals surface area contributed by atoms with Crippen molar-refractivity contribution in [1.82, 2.24) is 0 Å². The van der Waals surface area contributed by atoms with Gasteiger partial charge >= 0.3 is 12.0 Å². The van der Waals surface area contributed by atoms with Crippen molar-refractivity contribution < 1.29 is 32.2 Å². The lowest BCUT2D eigenvalue weighted by atomic mass is 10.1. The highest BCUT2D eigenvalue weighted by Gasteiger charge is 2.40. The van der Waals surface area contributed by atoms with Crippen molar-refractivity contribution >= 4 is 22.6 Å². The van der Waals surface area contributed by atoms with Gasteiger partial charge < -0.3 is 10.2 Å². The summed E-state index contributed by atoms with van der Waals surface area (Å²) in [5.41, 5.74) is 0. The fraction of sp³-hybridized carbons (Fsp3) is 0.778. The third kappa shape index (κ3) is 6.51. The fourth-order valence-corrected chi connectivity index (χ4v) is 1.99. The molecule has 2 N–H and O–H groups in total. The van der Waals surface area contributed by atoms with E-state index in [0.29, 0.717) is 0 Å². The molecule has 0 heterocycles. The highest BCUT2D eigenvalue weighted by molar-refractivity contribution is 14.1. The lowest BCUT2D eigenvalue weighted by Crippen LogP contribution is -2.23. The van der Waals surface area contributed by atoms with Gasteiger partial charge in [-0.05, 0) is 12.8 Å². The van der Waals surface area contributed by atoms with Crippen LogP contribution in [-0.4, -0.2) is 32.8 Å². The van der Waals surface area contributed by atoms with Gasteiger partial charge in [0.25, 0.3) is 0 Å². The maximum Gasteiger partial charge on any atom is 0.307 e. The van der Waals surface area contributed by atoms with E-state index in [1.807, 2.05) is 0 Å². The smallest absolute Gasteiger partial charge is 0.307 e. The van der Waals surface area contributed by atoms with Crippen molar-refractivity contribution in [2.24, 2.45) is 0 Å². The van der Waals surface area contributed by atoms with Gasteiger partial charge in [0.2, 0.25) is 5.83 Å². The molecule has 0 aliphatic rings. The zero-order valence-electron chi connectivity index (χ0n) is 8.65. The molecule has 2 unspecified atom stereocenters. The standard InChI is InChI=1S/C9H12F5IO2/c10-7(8(11)12)9(13,14)3-5(15)1-2-6(17)4-16/h5-6,16-17H,1-4H2. The molecule has 0 aromatic carbocycles. The first-order valence-electron chi connectivity index (χ1n) is 4.72. The summed E-state index contributed by atoms with van der Waals surface area (Å²) in [4.78, 5) is 0. The van der Waals surface area contributed by atoms with Gasteiger partial charge in [-0.3, -0.25) is 0 Å². The van der Waals surface area contributed by atoms with Crippen LogP contribution < -0.4 is 0 Å². The molecular formula is C9H12F5IO2. The quantitative estimate of drug-likeness (QED) is 0.409. The minimum absolute atomic E-state index is 0.0453. The van der Waals surface area contributed by atoms with E-state index in [-0.39, 0.29) is 12.8 Å². The van der Waals surface area contributed by atoms with Crippen LogP contribution in [0.15, 0.2) is 11.9 Å². The largest absolute Gasteiger partial charge is 0.394 e. The molecule has 0 fully saturated rings. The number of allylic oxidation sites excluding steroid dienone is 1. The molecule has 0 aliphatic heterocycles. The normalized spacial score (nSPS) is 15.5. The Kier molecular flexibility index (Phi) is 7.49. The van der Waals surface area contributed by atoms with E-state index in [9.17, 15) is 22.0 Å². The molecule has 0 aliphatic carbocycles. The Hall–Kier alpha value is 0.0400. The summed E-state index contributed by atoms with van der Waals surface area (Å²) in [5, 5.41) is 17.4. The average Bonchev–Trinajstić information content (AvgIpc) is 2.23. The third-order valence-corrected chi connectivity index (χ3v) is 3.05. The van der Waals surface area contributed by atoms with Gasteiger partial charge in [-0.1, -0.05) is 22.6 Å². The van der Waals surface area contributed by atoms with Gasteiger partial charge in [0.1, 0.15) is 0 Å². The van der Waals surface area contributed by atoms with E-state index in [2.05, 4.69) is 0 Å². The van der Waals surface area contributed by atoms with Gasteiger partial charge in [0.15, 0.2) is 0 Å². The van der Waals surface area contributed by atoms with Crippen LogP contribution >= 0.6 is 22.6 Å². The number of alkyl halides is 3. The van der Waals surface area contributed by atoms with E-state index >= 15 is 0 Å². The van der Waals surface area contributed by atoms with Crippen molar-refractivity contribution in [2.75, 3.05) is 6.61 Å². The molecule has 0 saturated heterocycles. The van der Waals surface area contributed by atoms with E-state index in [1.54, 1.807) is 22.6 Å². The van der Waals surface area contributed by atoms with E-state index < -0.39 is 40.9 Å². The first kappa shape index (κ1) is 17.0. The van der Waals surface area contributed by atoms with Crippen LogP contribution in [-0.2, 0) is 0 Å². The summed E-state index contributed by atoms with van der Waals surface area (Å²) in [5.74, 6) is -6.91. The van der Waals surface area contributed by atoms with Crippen LogP contribution in [0.4, 0.5) is 22.0 Å². The predicted molar refractivity (Wildman–Crippen MR) is 60.0 cm³/mol. The summed E-state index contributed by atoms with van der Waals surface area (Å²) in [6.45, 7) is -0.507. The Labute approximate surface area is 109 Å². The second-order valence-electron chi connectivity index (χ2n) is 3.49. The van der Waals surface area contributed by atoms with Gasteiger partial charge in [-0.25, -0.2) is 0 Å². The minimum Gasteiger partial charge on any atom is -0.394 e. The lowest BCUT2D eigenvalue weighted by molar-refractivity contribution is 0.00157. The maximum atomic E-state index is 12.9. The summed E-state index contributed by atoms with van der Waals surface area (Å²) in [6, 6.07) is 0. The zero-order valence-corrected chi connectivity index (χ0v) is 10.8.